The summed E-state index contributed by atoms with van der Waals surface area (Å²) in [5.74, 6) is 0. The lowest BCUT2D eigenvalue weighted by molar-refractivity contribution is 0.0184. The normalized spacial score (nSPS) is 17.4. The van der Waals surface area contributed by atoms with Crippen molar-refractivity contribution in [1.29, 1.82) is 0 Å². The van der Waals surface area contributed by atoms with E-state index in [1.165, 1.54) is 0 Å². The first kappa shape index (κ1) is 15.4. The fourth-order valence-corrected chi connectivity index (χ4v) is 2.57. The molecule has 1 aliphatic rings. The van der Waals surface area contributed by atoms with Gasteiger partial charge in [0.25, 0.3) is 0 Å². The lowest BCUT2D eigenvalue weighted by atomic mass is 10.1. The Labute approximate surface area is 128 Å². The van der Waals surface area contributed by atoms with Crippen molar-refractivity contribution >= 4 is 22.0 Å². The van der Waals surface area contributed by atoms with Gasteiger partial charge in [-0.15, -0.1) is 0 Å². The number of rotatable bonds is 1. The number of hydrogen-bond acceptors (Lipinski definition) is 3. The van der Waals surface area contributed by atoms with Crippen LogP contribution in [0.5, 0.6) is 0 Å². The number of halogens is 1. The van der Waals surface area contributed by atoms with Gasteiger partial charge in [0.15, 0.2) is 0 Å². The Bertz CT molecular complexity index is 466. The molecular formula is C14H22BrN3O2. The van der Waals surface area contributed by atoms with Crippen LogP contribution in [0.25, 0.3) is 0 Å². The van der Waals surface area contributed by atoms with E-state index in [-0.39, 0.29) is 6.09 Å². The van der Waals surface area contributed by atoms with Crippen molar-refractivity contribution in [2.75, 3.05) is 13.1 Å². The van der Waals surface area contributed by atoms with E-state index in [9.17, 15) is 4.79 Å². The minimum Gasteiger partial charge on any atom is -0.444 e. The molecule has 1 amide bonds. The maximum atomic E-state index is 12.0. The summed E-state index contributed by atoms with van der Waals surface area (Å²) < 4.78 is 8.44. The average molecular weight is 344 g/mol. The molecule has 1 aromatic heterocycles. The summed E-state index contributed by atoms with van der Waals surface area (Å²) in [7, 11) is 0. The van der Waals surface area contributed by atoms with Crippen LogP contribution in [0.2, 0.25) is 0 Å². The minimum absolute atomic E-state index is 0.214. The topological polar surface area (TPSA) is 47.4 Å². The number of likely N-dealkylation sites (tertiary alicyclic amines) is 1. The predicted octanol–water partition coefficient (Wildman–Crippen LogP) is 3.53. The van der Waals surface area contributed by atoms with Gasteiger partial charge in [-0.25, -0.2) is 4.79 Å². The van der Waals surface area contributed by atoms with E-state index >= 15 is 0 Å². The van der Waals surface area contributed by atoms with Crippen molar-refractivity contribution in [2.24, 2.45) is 0 Å². The zero-order valence-corrected chi connectivity index (χ0v) is 14.1. The Hall–Kier alpha value is -1.04. The third-order valence-corrected chi connectivity index (χ3v) is 4.13. The van der Waals surface area contributed by atoms with Gasteiger partial charge in [0.05, 0.1) is 16.2 Å². The monoisotopic (exact) mass is 343 g/mol. The third kappa shape index (κ3) is 3.75. The maximum absolute atomic E-state index is 12.0. The lowest BCUT2D eigenvalue weighted by Gasteiger charge is -2.33. The highest BCUT2D eigenvalue weighted by Crippen LogP contribution is 2.25. The molecule has 0 aliphatic carbocycles. The average Bonchev–Trinajstić information content (AvgIpc) is 2.68. The van der Waals surface area contributed by atoms with E-state index in [2.05, 4.69) is 21.0 Å². The first-order valence-electron chi connectivity index (χ1n) is 6.95. The van der Waals surface area contributed by atoms with Gasteiger partial charge >= 0.3 is 6.09 Å². The zero-order valence-electron chi connectivity index (χ0n) is 12.5. The summed E-state index contributed by atoms with van der Waals surface area (Å²) in [5, 5.41) is 4.50. The number of piperidine rings is 1. The Morgan fingerprint density at radius 1 is 1.40 bits per heavy atom. The summed E-state index contributed by atoms with van der Waals surface area (Å²) in [6.07, 6.45) is 3.62. The standard InChI is InChI=1S/C14H22BrN3O2/c1-10-12(15)9-18(16-10)11-5-7-17(8-6-11)13(19)20-14(2,3)4/h9,11H,5-8H2,1-4H3. The van der Waals surface area contributed by atoms with E-state index < -0.39 is 5.60 Å². The van der Waals surface area contributed by atoms with Gasteiger partial charge < -0.3 is 9.64 Å². The Kier molecular flexibility index (Phi) is 4.42. The van der Waals surface area contributed by atoms with Crippen LogP contribution in [0, 0.1) is 6.92 Å². The lowest BCUT2D eigenvalue weighted by Crippen LogP contribution is -2.42. The molecule has 112 valence electrons. The molecule has 0 saturated carbocycles. The molecule has 0 unspecified atom stereocenters. The first-order chi connectivity index (χ1) is 9.26. The number of nitrogens with zero attached hydrogens (tertiary/aromatic N) is 3. The molecule has 0 aromatic carbocycles. The van der Waals surface area contributed by atoms with Gasteiger partial charge in [-0.2, -0.15) is 5.10 Å². The van der Waals surface area contributed by atoms with E-state index in [0.717, 1.165) is 36.1 Å². The van der Waals surface area contributed by atoms with Crippen LogP contribution in [0.4, 0.5) is 4.79 Å². The van der Waals surface area contributed by atoms with Gasteiger partial charge in [0, 0.05) is 19.3 Å². The number of amides is 1. The number of aryl methyl sites for hydroxylation is 1. The van der Waals surface area contributed by atoms with Crippen LogP contribution in [0.1, 0.15) is 45.3 Å². The van der Waals surface area contributed by atoms with Crippen molar-refractivity contribution in [1.82, 2.24) is 14.7 Å². The number of hydrogen-bond donors (Lipinski definition) is 0. The van der Waals surface area contributed by atoms with Crippen LogP contribution in [-0.4, -0.2) is 39.5 Å². The predicted molar refractivity (Wildman–Crippen MR) is 80.7 cm³/mol. The summed E-state index contributed by atoms with van der Waals surface area (Å²) in [5.41, 5.74) is 0.567. The highest BCUT2D eigenvalue weighted by Gasteiger charge is 2.27. The molecular weight excluding hydrogens is 322 g/mol. The number of carbonyl (C=O) groups excluding carboxylic acids is 1. The molecule has 0 spiro atoms. The molecule has 2 rings (SSSR count). The van der Waals surface area contributed by atoms with Gasteiger partial charge in [0.2, 0.25) is 0 Å². The molecule has 20 heavy (non-hydrogen) atoms. The smallest absolute Gasteiger partial charge is 0.410 e. The fourth-order valence-electron chi connectivity index (χ4n) is 2.29. The SMILES string of the molecule is Cc1nn(C2CCN(C(=O)OC(C)(C)C)CC2)cc1Br. The minimum atomic E-state index is -0.433. The van der Waals surface area contributed by atoms with E-state index in [1.807, 2.05) is 38.6 Å². The number of aromatic nitrogens is 2. The number of ether oxygens (including phenoxy) is 1. The molecule has 5 nitrogen and oxygen atoms in total. The molecule has 1 saturated heterocycles. The fraction of sp³-hybridized carbons (Fsp3) is 0.714. The molecule has 1 fully saturated rings. The molecule has 0 radical (unpaired) electrons. The van der Waals surface area contributed by atoms with Gasteiger partial charge in [-0.05, 0) is 56.5 Å². The Morgan fingerprint density at radius 2 is 2.00 bits per heavy atom. The second-order valence-electron chi connectivity index (χ2n) is 6.24. The van der Waals surface area contributed by atoms with Crippen molar-refractivity contribution in [3.63, 3.8) is 0 Å². The third-order valence-electron chi connectivity index (χ3n) is 3.35. The van der Waals surface area contributed by atoms with Crippen LogP contribution in [0.15, 0.2) is 10.7 Å². The quantitative estimate of drug-likeness (QED) is 0.783. The largest absolute Gasteiger partial charge is 0.444 e. The molecule has 1 aliphatic heterocycles. The first-order valence-corrected chi connectivity index (χ1v) is 7.75. The molecule has 1 aromatic rings. The van der Waals surface area contributed by atoms with E-state index in [0.29, 0.717) is 6.04 Å². The molecule has 0 bridgehead atoms. The van der Waals surface area contributed by atoms with Crippen LogP contribution in [0.3, 0.4) is 0 Å². The number of carbonyl (C=O) groups is 1. The second kappa shape index (κ2) is 5.76. The summed E-state index contributed by atoms with van der Waals surface area (Å²) in [4.78, 5) is 13.8. The van der Waals surface area contributed by atoms with Crippen LogP contribution >= 0.6 is 15.9 Å². The van der Waals surface area contributed by atoms with Crippen LogP contribution < -0.4 is 0 Å². The van der Waals surface area contributed by atoms with Gasteiger partial charge in [0.1, 0.15) is 5.60 Å². The highest BCUT2D eigenvalue weighted by atomic mass is 79.9. The molecule has 2 heterocycles. The summed E-state index contributed by atoms with van der Waals surface area (Å²) in [6, 6.07) is 0.360. The molecule has 0 atom stereocenters. The van der Waals surface area contributed by atoms with Crippen molar-refractivity contribution in [3.05, 3.63) is 16.4 Å². The van der Waals surface area contributed by atoms with E-state index in [4.69, 9.17) is 4.74 Å². The second-order valence-corrected chi connectivity index (χ2v) is 7.10. The molecule has 6 heteroatoms. The van der Waals surface area contributed by atoms with E-state index in [1.54, 1.807) is 4.90 Å². The Balaban J connectivity index is 1.91. The summed E-state index contributed by atoms with van der Waals surface area (Å²) >= 11 is 3.48. The van der Waals surface area contributed by atoms with Crippen molar-refractivity contribution in [3.8, 4) is 0 Å². The zero-order chi connectivity index (χ0) is 14.9. The van der Waals surface area contributed by atoms with Crippen molar-refractivity contribution < 1.29 is 9.53 Å². The summed E-state index contributed by atoms with van der Waals surface area (Å²) in [6.45, 7) is 9.09. The van der Waals surface area contributed by atoms with Gasteiger partial charge in [-0.3, -0.25) is 4.68 Å². The maximum Gasteiger partial charge on any atom is 0.410 e. The van der Waals surface area contributed by atoms with Gasteiger partial charge in [-0.1, -0.05) is 0 Å². The van der Waals surface area contributed by atoms with Crippen molar-refractivity contribution in [2.45, 2.75) is 52.2 Å². The highest BCUT2D eigenvalue weighted by molar-refractivity contribution is 9.10. The van der Waals surface area contributed by atoms with Crippen LogP contribution in [-0.2, 0) is 4.74 Å². The molecule has 0 N–H and O–H groups in total. The Morgan fingerprint density at radius 3 is 2.45 bits per heavy atom.